The van der Waals surface area contributed by atoms with Crippen molar-refractivity contribution < 1.29 is 9.53 Å². The summed E-state index contributed by atoms with van der Waals surface area (Å²) in [5, 5.41) is 1.82. The van der Waals surface area contributed by atoms with E-state index in [0.29, 0.717) is 21.7 Å². The fraction of sp³-hybridized carbons (Fsp3) is 0.286. The molecular formula is C21H20Cl2N4O2S2. The number of amides is 1. The van der Waals surface area contributed by atoms with Crippen molar-refractivity contribution in [2.75, 3.05) is 44.3 Å². The lowest BCUT2D eigenvalue weighted by Crippen LogP contribution is -2.43. The van der Waals surface area contributed by atoms with Crippen LogP contribution in [0.4, 0.5) is 5.13 Å². The van der Waals surface area contributed by atoms with Crippen LogP contribution in [0.3, 0.4) is 0 Å². The third-order valence-corrected chi connectivity index (χ3v) is 7.34. The number of aromatic nitrogens is 2. The van der Waals surface area contributed by atoms with Gasteiger partial charge in [-0.3, -0.25) is 14.6 Å². The Balaban J connectivity index is 0.00000231. The van der Waals surface area contributed by atoms with Crippen LogP contribution in [0, 0.1) is 0 Å². The fourth-order valence-corrected chi connectivity index (χ4v) is 5.61. The van der Waals surface area contributed by atoms with E-state index in [9.17, 15) is 4.79 Å². The van der Waals surface area contributed by atoms with Gasteiger partial charge in [0.2, 0.25) is 0 Å². The van der Waals surface area contributed by atoms with Gasteiger partial charge < -0.3 is 4.74 Å². The Labute approximate surface area is 198 Å². The number of nitrogens with zero attached hydrogens (tertiary/aromatic N) is 4. The molecule has 1 saturated heterocycles. The number of para-hydroxylation sites is 1. The summed E-state index contributed by atoms with van der Waals surface area (Å²) in [6.45, 7) is 4.51. The molecule has 10 heteroatoms. The van der Waals surface area contributed by atoms with E-state index in [1.54, 1.807) is 4.90 Å². The quantitative estimate of drug-likeness (QED) is 0.392. The molecule has 1 aliphatic heterocycles. The number of halogens is 2. The molecule has 0 atom stereocenters. The molecule has 31 heavy (non-hydrogen) atoms. The standard InChI is InChI=1S/C21H19ClN4O2S2.ClH/c22-14-5-6-16-18(13-14)30-21(24-16)26(8-7-25-9-11-28-12-10-25)20(27)19-23-15-3-1-2-4-17(15)29-19;/h1-6,13H,7-12H2;1H. The lowest BCUT2D eigenvalue weighted by atomic mass is 10.3. The minimum Gasteiger partial charge on any atom is -0.379 e. The smallest absolute Gasteiger partial charge is 0.289 e. The van der Waals surface area contributed by atoms with Crippen LogP contribution >= 0.6 is 46.7 Å². The van der Waals surface area contributed by atoms with Gasteiger partial charge in [0.05, 0.1) is 33.6 Å². The van der Waals surface area contributed by atoms with E-state index in [0.717, 1.165) is 53.3 Å². The zero-order valence-corrected chi connectivity index (χ0v) is 19.7. The van der Waals surface area contributed by atoms with Crippen LogP contribution in [0.2, 0.25) is 5.02 Å². The van der Waals surface area contributed by atoms with Crippen molar-refractivity contribution in [2.24, 2.45) is 0 Å². The van der Waals surface area contributed by atoms with E-state index in [1.165, 1.54) is 22.7 Å². The van der Waals surface area contributed by atoms with E-state index < -0.39 is 0 Å². The highest BCUT2D eigenvalue weighted by Crippen LogP contribution is 2.32. The van der Waals surface area contributed by atoms with Crippen molar-refractivity contribution >= 4 is 78.2 Å². The van der Waals surface area contributed by atoms with Gasteiger partial charge in [-0.2, -0.15) is 0 Å². The number of thiazole rings is 2. The van der Waals surface area contributed by atoms with Gasteiger partial charge in [-0.15, -0.1) is 23.7 Å². The zero-order valence-electron chi connectivity index (χ0n) is 16.5. The number of carbonyl (C=O) groups excluding carboxylic acids is 1. The van der Waals surface area contributed by atoms with Gasteiger partial charge in [0, 0.05) is 31.2 Å². The molecule has 2 aromatic heterocycles. The van der Waals surface area contributed by atoms with Crippen LogP contribution in [0.25, 0.3) is 20.4 Å². The normalized spacial score (nSPS) is 14.6. The first-order valence-corrected chi connectivity index (χ1v) is 11.7. The molecule has 0 radical (unpaired) electrons. The number of benzene rings is 2. The zero-order chi connectivity index (χ0) is 20.5. The van der Waals surface area contributed by atoms with Crippen molar-refractivity contribution in [2.45, 2.75) is 0 Å². The molecular weight excluding hydrogens is 475 g/mol. The third kappa shape index (κ3) is 4.84. The monoisotopic (exact) mass is 494 g/mol. The molecule has 1 aliphatic rings. The van der Waals surface area contributed by atoms with Gasteiger partial charge in [0.1, 0.15) is 0 Å². The molecule has 6 nitrogen and oxygen atoms in total. The highest BCUT2D eigenvalue weighted by atomic mass is 35.5. The number of ether oxygens (including phenoxy) is 1. The summed E-state index contributed by atoms with van der Waals surface area (Å²) < 4.78 is 7.41. The Bertz CT molecular complexity index is 1170. The Morgan fingerprint density at radius 3 is 2.65 bits per heavy atom. The number of hydrogen-bond acceptors (Lipinski definition) is 7. The minimum absolute atomic E-state index is 0. The molecule has 5 rings (SSSR count). The Hall–Kier alpha value is -1.81. The molecule has 2 aromatic carbocycles. The summed E-state index contributed by atoms with van der Waals surface area (Å²) >= 11 is 9.04. The van der Waals surface area contributed by atoms with Crippen LogP contribution in [0.5, 0.6) is 0 Å². The summed E-state index contributed by atoms with van der Waals surface area (Å²) in [6, 6.07) is 13.4. The summed E-state index contributed by atoms with van der Waals surface area (Å²) in [7, 11) is 0. The number of carbonyl (C=O) groups is 1. The first kappa shape index (κ1) is 22.4. The SMILES string of the molecule is Cl.O=C(c1nc2ccccc2s1)N(CCN1CCOCC1)c1nc2ccc(Cl)cc2s1. The number of rotatable bonds is 5. The van der Waals surface area contributed by atoms with Gasteiger partial charge in [0.15, 0.2) is 10.1 Å². The van der Waals surface area contributed by atoms with E-state index in [-0.39, 0.29) is 18.3 Å². The van der Waals surface area contributed by atoms with Gasteiger partial charge in [0.25, 0.3) is 5.91 Å². The van der Waals surface area contributed by atoms with Crippen LogP contribution in [-0.2, 0) is 4.74 Å². The van der Waals surface area contributed by atoms with Crippen LogP contribution in [0.1, 0.15) is 9.80 Å². The first-order chi connectivity index (χ1) is 14.7. The van der Waals surface area contributed by atoms with E-state index >= 15 is 0 Å². The maximum atomic E-state index is 13.5. The predicted molar refractivity (Wildman–Crippen MR) is 130 cm³/mol. The molecule has 162 valence electrons. The molecule has 0 spiro atoms. The van der Waals surface area contributed by atoms with Gasteiger partial charge >= 0.3 is 0 Å². The van der Waals surface area contributed by atoms with E-state index in [1.807, 2.05) is 42.5 Å². The van der Waals surface area contributed by atoms with Crippen molar-refractivity contribution in [1.82, 2.24) is 14.9 Å². The molecule has 4 aromatic rings. The van der Waals surface area contributed by atoms with Crippen molar-refractivity contribution in [3.63, 3.8) is 0 Å². The topological polar surface area (TPSA) is 58.6 Å². The first-order valence-electron chi connectivity index (χ1n) is 9.71. The van der Waals surface area contributed by atoms with Gasteiger partial charge in [-0.05, 0) is 30.3 Å². The van der Waals surface area contributed by atoms with Crippen molar-refractivity contribution in [3.05, 3.63) is 52.5 Å². The Kier molecular flexibility index (Phi) is 7.05. The Morgan fingerprint density at radius 1 is 1.06 bits per heavy atom. The summed E-state index contributed by atoms with van der Waals surface area (Å²) in [5.41, 5.74) is 1.68. The van der Waals surface area contributed by atoms with Crippen molar-refractivity contribution in [1.29, 1.82) is 0 Å². The van der Waals surface area contributed by atoms with Crippen LogP contribution in [0.15, 0.2) is 42.5 Å². The lowest BCUT2D eigenvalue weighted by Gasteiger charge is -2.28. The lowest BCUT2D eigenvalue weighted by molar-refractivity contribution is 0.0391. The van der Waals surface area contributed by atoms with Crippen LogP contribution in [-0.4, -0.2) is 60.2 Å². The molecule has 3 heterocycles. The molecule has 1 amide bonds. The Morgan fingerprint density at radius 2 is 1.84 bits per heavy atom. The number of morpholine rings is 1. The average molecular weight is 495 g/mol. The number of hydrogen-bond donors (Lipinski definition) is 0. The molecule has 0 saturated carbocycles. The predicted octanol–water partition coefficient (Wildman–Crippen LogP) is 4.96. The molecule has 1 fully saturated rings. The third-order valence-electron chi connectivity index (χ3n) is 5.04. The van der Waals surface area contributed by atoms with E-state index in [2.05, 4.69) is 9.88 Å². The largest absolute Gasteiger partial charge is 0.379 e. The minimum atomic E-state index is -0.116. The maximum absolute atomic E-state index is 13.5. The molecule has 0 bridgehead atoms. The highest BCUT2D eigenvalue weighted by Gasteiger charge is 2.25. The van der Waals surface area contributed by atoms with Crippen LogP contribution < -0.4 is 4.90 Å². The van der Waals surface area contributed by atoms with E-state index in [4.69, 9.17) is 21.3 Å². The summed E-state index contributed by atoms with van der Waals surface area (Å²) in [6.07, 6.45) is 0. The average Bonchev–Trinajstić information content (AvgIpc) is 3.38. The summed E-state index contributed by atoms with van der Waals surface area (Å²) in [5.74, 6) is -0.116. The fourth-order valence-electron chi connectivity index (χ4n) is 3.43. The number of anilines is 1. The molecule has 0 unspecified atom stereocenters. The summed E-state index contributed by atoms with van der Waals surface area (Å²) in [4.78, 5) is 26.9. The number of fused-ring (bicyclic) bond motifs is 2. The van der Waals surface area contributed by atoms with Gasteiger partial charge in [-0.1, -0.05) is 35.1 Å². The second-order valence-corrected chi connectivity index (χ2v) is 9.48. The van der Waals surface area contributed by atoms with Gasteiger partial charge in [-0.25, -0.2) is 9.97 Å². The second kappa shape index (κ2) is 9.77. The molecule has 0 aliphatic carbocycles. The van der Waals surface area contributed by atoms with Crippen molar-refractivity contribution in [3.8, 4) is 0 Å². The maximum Gasteiger partial charge on any atom is 0.289 e. The second-order valence-electron chi connectivity index (χ2n) is 7.01. The highest BCUT2D eigenvalue weighted by molar-refractivity contribution is 7.23. The molecule has 0 N–H and O–H groups in total.